The van der Waals surface area contributed by atoms with E-state index in [1.165, 1.54) is 17.2 Å². The third-order valence-electron chi connectivity index (χ3n) is 8.57. The molecule has 5 aromatic rings. The van der Waals surface area contributed by atoms with Gasteiger partial charge in [-0.25, -0.2) is 4.98 Å². The molecule has 1 amide bonds. The summed E-state index contributed by atoms with van der Waals surface area (Å²) in [5.41, 5.74) is 7.10. The summed E-state index contributed by atoms with van der Waals surface area (Å²) in [6, 6.07) is 17.6. The fraction of sp³-hybridized carbons (Fsp3) is 0.333. The van der Waals surface area contributed by atoms with Gasteiger partial charge < -0.3 is 24.7 Å². The lowest BCUT2D eigenvalue weighted by molar-refractivity contribution is -0.131. The van der Waals surface area contributed by atoms with Gasteiger partial charge in [0.25, 0.3) is 0 Å². The smallest absolute Gasteiger partial charge is 0.247 e. The van der Waals surface area contributed by atoms with Crippen LogP contribution in [0.2, 0.25) is 0 Å². The van der Waals surface area contributed by atoms with Crippen molar-refractivity contribution in [1.82, 2.24) is 39.7 Å². The van der Waals surface area contributed by atoms with E-state index in [1.54, 1.807) is 23.3 Å². The second-order valence-electron chi connectivity index (χ2n) is 11.8. The summed E-state index contributed by atoms with van der Waals surface area (Å²) in [4.78, 5) is 42.9. The first kappa shape index (κ1) is 34.9. The summed E-state index contributed by atoms with van der Waals surface area (Å²) in [6.45, 7) is 8.53. The van der Waals surface area contributed by atoms with Gasteiger partial charge in [-0.15, -0.1) is 0 Å². The van der Waals surface area contributed by atoms with Crippen LogP contribution in [-0.2, 0) is 21.4 Å². The molecule has 49 heavy (non-hydrogen) atoms. The van der Waals surface area contributed by atoms with Crippen molar-refractivity contribution < 1.29 is 14.3 Å². The number of aromatic nitrogens is 6. The van der Waals surface area contributed by atoms with Crippen molar-refractivity contribution in [1.29, 1.82) is 0 Å². The summed E-state index contributed by atoms with van der Waals surface area (Å²) in [6.07, 6.45) is 7.75. The van der Waals surface area contributed by atoms with Gasteiger partial charge in [-0.05, 0) is 55.2 Å². The summed E-state index contributed by atoms with van der Waals surface area (Å²) in [5, 5.41) is 15.7. The predicted octanol–water partition coefficient (Wildman–Crippen LogP) is 3.98. The first-order chi connectivity index (χ1) is 23.9. The molecule has 2 aliphatic heterocycles. The van der Waals surface area contributed by atoms with Crippen LogP contribution < -0.4 is 10.9 Å². The van der Waals surface area contributed by atoms with E-state index in [4.69, 9.17) is 9.53 Å². The fourth-order valence-corrected chi connectivity index (χ4v) is 6.01. The van der Waals surface area contributed by atoms with Crippen LogP contribution in [0, 0.1) is 0 Å². The van der Waals surface area contributed by atoms with Crippen molar-refractivity contribution >= 4 is 34.9 Å². The molecule has 2 aliphatic rings. The maximum atomic E-state index is 12.7. The number of nitrogens with zero attached hydrogens (tertiary/aromatic N) is 6. The van der Waals surface area contributed by atoms with E-state index < -0.39 is 0 Å². The number of aryl methyl sites for hydroxylation is 1. The van der Waals surface area contributed by atoms with E-state index in [2.05, 4.69) is 65.8 Å². The van der Waals surface area contributed by atoms with Gasteiger partial charge in [0, 0.05) is 81.3 Å². The Morgan fingerprint density at radius 3 is 2.49 bits per heavy atom. The summed E-state index contributed by atoms with van der Waals surface area (Å²) in [5.74, 6) is 0.955. The van der Waals surface area contributed by atoms with Crippen LogP contribution in [0.5, 0.6) is 0 Å². The van der Waals surface area contributed by atoms with E-state index in [-0.39, 0.29) is 17.6 Å². The van der Waals surface area contributed by atoms with Gasteiger partial charge in [0.2, 0.25) is 11.5 Å². The number of H-pyrrole nitrogens is 2. The quantitative estimate of drug-likeness (QED) is 0.223. The molecule has 7 rings (SSSR count). The lowest BCUT2D eigenvalue weighted by atomic mass is 9.98. The highest BCUT2D eigenvalue weighted by atomic mass is 16.5. The van der Waals surface area contributed by atoms with Crippen molar-refractivity contribution in [2.75, 3.05) is 51.7 Å². The number of ether oxygens (including phenoxy) is 1. The number of carbonyl (C=O) groups excluding carboxylic acids is 2. The van der Waals surface area contributed by atoms with Crippen LogP contribution in [0.15, 0.2) is 78.0 Å². The third-order valence-corrected chi connectivity index (χ3v) is 8.57. The van der Waals surface area contributed by atoms with Crippen LogP contribution in [0.3, 0.4) is 0 Å². The number of rotatable bonds is 8. The van der Waals surface area contributed by atoms with E-state index in [0.717, 1.165) is 78.3 Å². The monoisotopic (exact) mass is 665 g/mol. The zero-order valence-corrected chi connectivity index (χ0v) is 28.2. The molecule has 13 heteroatoms. The molecule has 0 spiro atoms. The number of amides is 1. The molecule has 1 atom stereocenters. The largest absolute Gasteiger partial charge is 0.388 e. The average Bonchev–Trinajstić information content (AvgIpc) is 3.90. The molecule has 0 saturated carbocycles. The molecule has 1 fully saturated rings. The minimum atomic E-state index is -0.116. The van der Waals surface area contributed by atoms with Crippen LogP contribution in [-0.4, -0.2) is 105 Å². The second-order valence-corrected chi connectivity index (χ2v) is 11.8. The Kier molecular flexibility index (Phi) is 11.8. The SMILES string of the molecule is C=O.CCO[C@H]1CCN(CC(=O)N2CC=C(c3ccc(-c4ncn(C)n4)cc3)CC2)C1.CNc1ccc2[nH]nc(-c3ccc(=O)[nH]c3)c2c1. The van der Waals surface area contributed by atoms with E-state index in [9.17, 15) is 9.59 Å². The topological polar surface area (TPSA) is 154 Å². The summed E-state index contributed by atoms with van der Waals surface area (Å²) >= 11 is 0. The molecule has 256 valence electrons. The van der Waals surface area contributed by atoms with Crippen molar-refractivity contribution in [3.05, 3.63) is 89.1 Å². The summed E-state index contributed by atoms with van der Waals surface area (Å²) < 4.78 is 7.38. The molecule has 3 N–H and O–H groups in total. The van der Waals surface area contributed by atoms with Crippen LogP contribution in [0.4, 0.5) is 5.69 Å². The number of aromatic amines is 2. The number of fused-ring (bicyclic) bond motifs is 1. The number of benzene rings is 2. The Labute approximate surface area is 285 Å². The molecule has 0 radical (unpaired) electrons. The maximum absolute atomic E-state index is 12.7. The van der Waals surface area contributed by atoms with E-state index >= 15 is 0 Å². The molecular weight excluding hydrogens is 622 g/mol. The Morgan fingerprint density at radius 1 is 1.06 bits per heavy atom. The second kappa shape index (κ2) is 16.6. The van der Waals surface area contributed by atoms with Crippen molar-refractivity contribution in [3.8, 4) is 22.6 Å². The number of nitrogens with one attached hydrogen (secondary N) is 3. The highest BCUT2D eigenvalue weighted by Gasteiger charge is 2.26. The molecule has 1 saturated heterocycles. The van der Waals surface area contributed by atoms with Crippen LogP contribution >= 0.6 is 0 Å². The molecule has 5 heterocycles. The Balaban J connectivity index is 0.000000200. The zero-order valence-electron chi connectivity index (χ0n) is 28.2. The lowest BCUT2D eigenvalue weighted by Gasteiger charge is -2.28. The van der Waals surface area contributed by atoms with Gasteiger partial charge in [-0.2, -0.15) is 10.2 Å². The van der Waals surface area contributed by atoms with Gasteiger partial charge in [0.1, 0.15) is 18.8 Å². The number of anilines is 1. The normalized spacial score (nSPS) is 15.9. The fourth-order valence-electron chi connectivity index (χ4n) is 6.01. The predicted molar refractivity (Wildman–Crippen MR) is 191 cm³/mol. The minimum absolute atomic E-state index is 0.116. The third kappa shape index (κ3) is 8.75. The first-order valence-corrected chi connectivity index (χ1v) is 16.3. The molecule has 0 bridgehead atoms. The molecule has 2 aromatic carbocycles. The highest BCUT2D eigenvalue weighted by molar-refractivity contribution is 5.94. The molecule has 13 nitrogen and oxygen atoms in total. The molecular formula is C36H43N9O4. The van der Waals surface area contributed by atoms with Gasteiger partial charge in [0.15, 0.2) is 5.82 Å². The van der Waals surface area contributed by atoms with E-state index in [1.807, 2.05) is 50.9 Å². The lowest BCUT2D eigenvalue weighted by Crippen LogP contribution is -2.41. The number of pyridine rings is 1. The van der Waals surface area contributed by atoms with Crippen molar-refractivity contribution in [3.63, 3.8) is 0 Å². The molecule has 0 aliphatic carbocycles. The molecule has 3 aromatic heterocycles. The first-order valence-electron chi connectivity index (χ1n) is 16.3. The van der Waals surface area contributed by atoms with Gasteiger partial charge in [0.05, 0.1) is 18.2 Å². The molecule has 0 unspecified atom stereocenters. The Bertz CT molecular complexity index is 1910. The van der Waals surface area contributed by atoms with Gasteiger partial charge in [-0.1, -0.05) is 30.3 Å². The van der Waals surface area contributed by atoms with Gasteiger partial charge >= 0.3 is 0 Å². The Hall–Kier alpha value is -5.40. The summed E-state index contributed by atoms with van der Waals surface area (Å²) in [7, 11) is 3.74. The average molecular weight is 666 g/mol. The Morgan fingerprint density at radius 2 is 1.84 bits per heavy atom. The number of hydrogen-bond acceptors (Lipinski definition) is 9. The highest BCUT2D eigenvalue weighted by Crippen LogP contribution is 2.28. The minimum Gasteiger partial charge on any atom is -0.388 e. The van der Waals surface area contributed by atoms with E-state index in [0.29, 0.717) is 13.1 Å². The standard InChI is InChI=1S/C22H29N5O2.C13H12N4O.CH2O/c1-3-29-20-10-11-26(14-20)15-21(28)27-12-8-18(9-13-27)17-4-6-19(7-5-17)22-23-16-25(2)24-22;1-14-9-3-4-11-10(6-9)13(17-16-11)8-2-5-12(18)15-7-8;1-2/h4-8,16,20H,3,9-15H2,1-2H3;2-7,14H,1H3,(H,15,18)(H,16,17);1H2/t20-;;/m0../s1. The van der Waals surface area contributed by atoms with Crippen molar-refractivity contribution in [2.24, 2.45) is 7.05 Å². The van der Waals surface area contributed by atoms with Crippen molar-refractivity contribution in [2.45, 2.75) is 25.9 Å². The number of carbonyl (C=O) groups is 2. The number of likely N-dealkylation sites (tertiary alicyclic amines) is 1. The maximum Gasteiger partial charge on any atom is 0.247 e. The van der Waals surface area contributed by atoms with Gasteiger partial charge in [-0.3, -0.25) is 24.3 Å². The zero-order chi connectivity index (χ0) is 34.8. The number of hydrogen-bond donors (Lipinski definition) is 3. The van der Waals surface area contributed by atoms with Crippen LogP contribution in [0.25, 0.3) is 39.1 Å². The van der Waals surface area contributed by atoms with Crippen LogP contribution in [0.1, 0.15) is 25.3 Å².